The van der Waals surface area contributed by atoms with Crippen molar-refractivity contribution in [3.63, 3.8) is 0 Å². The van der Waals surface area contributed by atoms with Crippen molar-refractivity contribution in [2.75, 3.05) is 0 Å². The maximum Gasteiger partial charge on any atom is -0.0469 e. The molecule has 0 spiro atoms. The van der Waals surface area contributed by atoms with Crippen LogP contribution in [0.15, 0.2) is 0 Å². The molecule has 12 heavy (non-hydrogen) atoms. The Balaban J connectivity index is -0.000000137. The van der Waals surface area contributed by atoms with Gasteiger partial charge in [0, 0.05) is 0 Å². The second kappa shape index (κ2) is 17.2. The summed E-state index contributed by atoms with van der Waals surface area (Å²) in [5, 5.41) is 0. The normalized spacial score (nSPS) is 8.50. The zero-order chi connectivity index (χ0) is 10.6. The van der Waals surface area contributed by atoms with Gasteiger partial charge < -0.3 is 0 Å². The van der Waals surface area contributed by atoms with Gasteiger partial charge in [-0.2, -0.15) is 0 Å². The fourth-order valence-corrected chi connectivity index (χ4v) is 0.943. The van der Waals surface area contributed by atoms with E-state index in [1.165, 1.54) is 12.8 Å². The first-order valence-corrected chi connectivity index (χ1v) is 5.54. The van der Waals surface area contributed by atoms with Crippen molar-refractivity contribution in [1.29, 1.82) is 0 Å². The van der Waals surface area contributed by atoms with E-state index in [-0.39, 0.29) is 0 Å². The van der Waals surface area contributed by atoms with Gasteiger partial charge in [0.2, 0.25) is 0 Å². The molecule has 0 aliphatic carbocycles. The molecule has 0 rings (SSSR count). The minimum atomic E-state index is 0.875. The zero-order valence-corrected chi connectivity index (χ0v) is 10.6. The van der Waals surface area contributed by atoms with E-state index in [1.54, 1.807) is 0 Å². The van der Waals surface area contributed by atoms with E-state index in [1.807, 2.05) is 13.8 Å². The molecule has 0 N–H and O–H groups in total. The van der Waals surface area contributed by atoms with Crippen LogP contribution < -0.4 is 0 Å². The minimum Gasteiger partial charge on any atom is -0.0683 e. The van der Waals surface area contributed by atoms with Gasteiger partial charge in [-0.15, -0.1) is 0 Å². The quantitative estimate of drug-likeness (QED) is 0.544. The van der Waals surface area contributed by atoms with E-state index in [4.69, 9.17) is 0 Å². The van der Waals surface area contributed by atoms with E-state index in [9.17, 15) is 0 Å². The fourth-order valence-electron chi connectivity index (χ4n) is 0.943. The fraction of sp³-hybridized carbons (Fsp3) is 1.00. The Kier molecular flexibility index (Phi) is 25.7. The maximum atomic E-state index is 2.26. The molecule has 0 bridgehead atoms. The Hall–Kier alpha value is 0. The summed E-state index contributed by atoms with van der Waals surface area (Å²) in [5.74, 6) is 1.75. The summed E-state index contributed by atoms with van der Waals surface area (Å²) in [6, 6.07) is 0. The third kappa shape index (κ3) is 50.6. The van der Waals surface area contributed by atoms with Crippen LogP contribution in [0.4, 0.5) is 0 Å². The molecule has 0 saturated carbocycles. The van der Waals surface area contributed by atoms with Crippen molar-refractivity contribution in [3.8, 4) is 0 Å². The highest BCUT2D eigenvalue weighted by atomic mass is 14.0. The third-order valence-electron chi connectivity index (χ3n) is 0.943. The average molecular weight is 174 g/mol. The highest BCUT2D eigenvalue weighted by Crippen LogP contribution is 2.08. The van der Waals surface area contributed by atoms with Crippen LogP contribution >= 0.6 is 0 Å². The Morgan fingerprint density at radius 1 is 0.750 bits per heavy atom. The monoisotopic (exact) mass is 174 g/mol. The lowest BCUT2D eigenvalue weighted by atomic mass is 10.0. The van der Waals surface area contributed by atoms with Crippen LogP contribution in [0.25, 0.3) is 0 Å². The SMILES string of the molecule is CC.CC(C)CC(C)C.CCC. The molecule has 0 aliphatic rings. The van der Waals surface area contributed by atoms with Crippen molar-refractivity contribution in [2.24, 2.45) is 11.8 Å². The molecular formula is C12H30. The molecule has 0 fully saturated rings. The summed E-state index contributed by atoms with van der Waals surface area (Å²) in [4.78, 5) is 0. The lowest BCUT2D eigenvalue weighted by Gasteiger charge is -2.05. The van der Waals surface area contributed by atoms with Crippen LogP contribution in [0.5, 0.6) is 0 Å². The molecule has 0 aromatic heterocycles. The van der Waals surface area contributed by atoms with Crippen LogP contribution in [0.3, 0.4) is 0 Å². The van der Waals surface area contributed by atoms with Crippen molar-refractivity contribution < 1.29 is 0 Å². The van der Waals surface area contributed by atoms with Gasteiger partial charge in [0.15, 0.2) is 0 Å². The Morgan fingerprint density at radius 2 is 0.917 bits per heavy atom. The zero-order valence-electron chi connectivity index (χ0n) is 10.6. The molecule has 0 saturated heterocycles. The molecule has 78 valence electrons. The van der Waals surface area contributed by atoms with Crippen LogP contribution in [0.2, 0.25) is 0 Å². The number of hydrogen-bond acceptors (Lipinski definition) is 0. The molecule has 0 atom stereocenters. The number of hydrogen-bond donors (Lipinski definition) is 0. The first kappa shape index (κ1) is 17.9. The molecule has 0 heterocycles. The van der Waals surface area contributed by atoms with E-state index >= 15 is 0 Å². The Morgan fingerprint density at radius 3 is 0.917 bits per heavy atom. The van der Waals surface area contributed by atoms with Gasteiger partial charge in [-0.05, 0) is 18.3 Å². The lowest BCUT2D eigenvalue weighted by Crippen LogP contribution is -1.93. The first-order chi connectivity index (χ1) is 5.54. The molecule has 0 radical (unpaired) electrons. The standard InChI is InChI=1S/C7H16.C3H8.C2H6/c1-6(2)5-7(3)4;1-3-2;1-2/h6-7H,5H2,1-4H3;3H2,1-2H3;1-2H3. The van der Waals surface area contributed by atoms with Gasteiger partial charge in [0.05, 0.1) is 0 Å². The predicted octanol–water partition coefficient (Wildman–Crippen LogP) is 5.13. The van der Waals surface area contributed by atoms with Crippen LogP contribution in [0.1, 0.15) is 68.2 Å². The molecule has 0 aliphatic heterocycles. The van der Waals surface area contributed by atoms with Gasteiger partial charge in [-0.1, -0.05) is 61.8 Å². The summed E-state index contributed by atoms with van der Waals surface area (Å²) < 4.78 is 0. The molecule has 0 amide bonds. The predicted molar refractivity (Wildman–Crippen MR) is 61.6 cm³/mol. The van der Waals surface area contributed by atoms with Gasteiger partial charge in [-0.3, -0.25) is 0 Å². The van der Waals surface area contributed by atoms with Gasteiger partial charge in [0.1, 0.15) is 0 Å². The topological polar surface area (TPSA) is 0 Å². The second-order valence-electron chi connectivity index (χ2n) is 3.73. The highest BCUT2D eigenvalue weighted by Gasteiger charge is 1.95. The van der Waals surface area contributed by atoms with Crippen LogP contribution in [-0.4, -0.2) is 0 Å². The Labute approximate surface area is 80.8 Å². The molecule has 0 heteroatoms. The summed E-state index contributed by atoms with van der Waals surface area (Å²) in [5.41, 5.74) is 0. The summed E-state index contributed by atoms with van der Waals surface area (Å²) in [6.45, 7) is 17.3. The molecule has 0 aromatic rings. The molecule has 0 aromatic carbocycles. The smallest absolute Gasteiger partial charge is 0.0469 e. The van der Waals surface area contributed by atoms with E-state index in [0.717, 1.165) is 11.8 Å². The summed E-state index contributed by atoms with van der Waals surface area (Å²) in [6.07, 6.45) is 2.61. The largest absolute Gasteiger partial charge is 0.0683 e. The minimum absolute atomic E-state index is 0.875. The Bertz CT molecular complexity index is 38.0. The van der Waals surface area contributed by atoms with Crippen molar-refractivity contribution >= 4 is 0 Å². The van der Waals surface area contributed by atoms with Crippen molar-refractivity contribution in [3.05, 3.63) is 0 Å². The molecule has 0 nitrogen and oxygen atoms in total. The van der Waals surface area contributed by atoms with Crippen LogP contribution in [0, 0.1) is 11.8 Å². The average Bonchev–Trinajstić information content (AvgIpc) is 1.90. The van der Waals surface area contributed by atoms with E-state index in [0.29, 0.717) is 0 Å². The highest BCUT2D eigenvalue weighted by molar-refractivity contribution is 4.47. The van der Waals surface area contributed by atoms with Crippen LogP contribution in [-0.2, 0) is 0 Å². The number of rotatable bonds is 2. The van der Waals surface area contributed by atoms with E-state index < -0.39 is 0 Å². The van der Waals surface area contributed by atoms with E-state index in [2.05, 4.69) is 41.5 Å². The maximum absolute atomic E-state index is 2.26. The van der Waals surface area contributed by atoms with Gasteiger partial charge in [-0.25, -0.2) is 0 Å². The van der Waals surface area contributed by atoms with Gasteiger partial charge >= 0.3 is 0 Å². The summed E-state index contributed by atoms with van der Waals surface area (Å²) >= 11 is 0. The third-order valence-corrected chi connectivity index (χ3v) is 0.943. The van der Waals surface area contributed by atoms with Crippen molar-refractivity contribution in [1.82, 2.24) is 0 Å². The second-order valence-corrected chi connectivity index (χ2v) is 3.73. The molecular weight excluding hydrogens is 144 g/mol. The first-order valence-electron chi connectivity index (χ1n) is 5.54. The molecule has 0 unspecified atom stereocenters. The van der Waals surface area contributed by atoms with Gasteiger partial charge in [0.25, 0.3) is 0 Å². The summed E-state index contributed by atoms with van der Waals surface area (Å²) in [7, 11) is 0. The van der Waals surface area contributed by atoms with Crippen molar-refractivity contribution in [2.45, 2.75) is 68.2 Å². The lowest BCUT2D eigenvalue weighted by molar-refractivity contribution is 0.469.